The third-order valence-electron chi connectivity index (χ3n) is 6.20. The fraction of sp³-hybridized carbons (Fsp3) is 0.212. The maximum absolute atomic E-state index is 12.3. The first-order valence-corrected chi connectivity index (χ1v) is 15.4. The summed E-state index contributed by atoms with van der Waals surface area (Å²) < 4.78 is 10.1. The quantitative estimate of drug-likeness (QED) is 0.0960. The number of nitrogens with one attached hydrogen (secondary N) is 2. The first kappa shape index (κ1) is 36.4. The van der Waals surface area contributed by atoms with E-state index in [-0.39, 0.29) is 41.6 Å². The summed E-state index contributed by atoms with van der Waals surface area (Å²) in [6.07, 6.45) is 3.04. The molecule has 0 aliphatic rings. The molecular formula is C33H31Cl4N3O6. The molecule has 0 aliphatic heterocycles. The van der Waals surface area contributed by atoms with Gasteiger partial charge in [-0.25, -0.2) is 9.59 Å². The highest BCUT2D eigenvalue weighted by molar-refractivity contribution is 6.37. The molecule has 0 saturated heterocycles. The molecule has 0 amide bonds. The predicted molar refractivity (Wildman–Crippen MR) is 182 cm³/mol. The van der Waals surface area contributed by atoms with Crippen LogP contribution in [0.15, 0.2) is 60.8 Å². The maximum Gasteiger partial charge on any atom is 0.340 e. The molecule has 0 radical (unpaired) electrons. The van der Waals surface area contributed by atoms with Crippen molar-refractivity contribution >= 4 is 69.9 Å². The summed E-state index contributed by atoms with van der Waals surface area (Å²) in [6, 6.07) is 12.8. The fourth-order valence-corrected chi connectivity index (χ4v) is 5.09. The van der Waals surface area contributed by atoms with Crippen LogP contribution in [-0.2, 0) is 9.47 Å². The number of aromatic amines is 2. The van der Waals surface area contributed by atoms with Crippen LogP contribution in [0, 0.1) is 0 Å². The Hall–Kier alpha value is -4.02. The molecule has 2 N–H and O–H groups in total. The molecule has 0 aliphatic carbocycles. The van der Waals surface area contributed by atoms with E-state index in [1.54, 1.807) is 75.4 Å². The van der Waals surface area contributed by atoms with E-state index >= 15 is 0 Å². The number of halogens is 4. The molecule has 0 bridgehead atoms. The van der Waals surface area contributed by atoms with Gasteiger partial charge in [0.25, 0.3) is 0 Å². The first-order chi connectivity index (χ1) is 21.8. The minimum Gasteiger partial charge on any atom is -0.462 e. The van der Waals surface area contributed by atoms with Gasteiger partial charge >= 0.3 is 11.9 Å². The number of carbonyl (C=O) groups is 4. The molecule has 13 heteroatoms. The number of benzene rings is 2. The Labute approximate surface area is 286 Å². The number of aromatic nitrogens is 2. The molecule has 0 spiro atoms. The van der Waals surface area contributed by atoms with Gasteiger partial charge in [0.2, 0.25) is 5.78 Å². The number of hydrogen-bond donors (Lipinski definition) is 2. The van der Waals surface area contributed by atoms with Crippen LogP contribution in [-0.4, -0.2) is 65.7 Å². The minimum atomic E-state index is -0.532. The van der Waals surface area contributed by atoms with E-state index in [1.807, 2.05) is 0 Å². The monoisotopic (exact) mass is 705 g/mol. The van der Waals surface area contributed by atoms with Crippen LogP contribution in [0.25, 0.3) is 22.5 Å². The highest BCUT2D eigenvalue weighted by Crippen LogP contribution is 2.34. The number of rotatable bonds is 10. The standard InChI is InChI=1S/C18H18Cl2N2O3.C15H13Cl2NO3/c1-4-25-18(24)13-10-15(16(23)7-8-22(2)3)21-17(13)12-6-5-11(19)9-14(12)20;1-3-21-15(20)11-7-13(8(2)19)18-14(11)10-5-4-9(16)6-12(10)17/h5-10,21H,4H2,1-3H3;4-7,18H,3H2,1-2H3/b8-7+;. The summed E-state index contributed by atoms with van der Waals surface area (Å²) in [5.74, 6) is -1.50. The van der Waals surface area contributed by atoms with E-state index in [4.69, 9.17) is 55.9 Å². The lowest BCUT2D eigenvalue weighted by Gasteiger charge is -2.06. The molecule has 4 aromatic rings. The number of esters is 2. The van der Waals surface area contributed by atoms with Gasteiger partial charge in [0.1, 0.15) is 0 Å². The van der Waals surface area contributed by atoms with E-state index in [9.17, 15) is 19.2 Å². The van der Waals surface area contributed by atoms with Crippen molar-refractivity contribution in [2.24, 2.45) is 0 Å². The lowest BCUT2D eigenvalue weighted by molar-refractivity contribution is 0.0518. The molecule has 2 aromatic heterocycles. The van der Waals surface area contributed by atoms with Crippen LogP contribution in [0.1, 0.15) is 62.5 Å². The van der Waals surface area contributed by atoms with Gasteiger partial charge in [-0.3, -0.25) is 9.59 Å². The number of ether oxygens (including phenoxy) is 2. The number of carbonyl (C=O) groups excluding carboxylic acids is 4. The van der Waals surface area contributed by atoms with Gasteiger partial charge in [-0.2, -0.15) is 0 Å². The number of Topliss-reactive ketones (excluding diaryl/α,β-unsaturated/α-hetero) is 1. The van der Waals surface area contributed by atoms with E-state index in [0.717, 1.165) is 0 Å². The second-order valence-corrected chi connectivity index (χ2v) is 11.5. The van der Waals surface area contributed by atoms with Crippen molar-refractivity contribution in [3.63, 3.8) is 0 Å². The molecule has 46 heavy (non-hydrogen) atoms. The van der Waals surface area contributed by atoms with E-state index in [0.29, 0.717) is 48.3 Å². The minimum absolute atomic E-state index is 0.183. The Morgan fingerprint density at radius 2 is 1.15 bits per heavy atom. The largest absolute Gasteiger partial charge is 0.462 e. The molecule has 2 aromatic carbocycles. The molecule has 9 nitrogen and oxygen atoms in total. The van der Waals surface area contributed by atoms with Crippen LogP contribution in [0.2, 0.25) is 20.1 Å². The van der Waals surface area contributed by atoms with Crippen molar-refractivity contribution < 1.29 is 28.7 Å². The summed E-state index contributed by atoms with van der Waals surface area (Å²) in [6.45, 7) is 5.31. The average molecular weight is 707 g/mol. The zero-order valence-corrected chi connectivity index (χ0v) is 28.6. The van der Waals surface area contributed by atoms with E-state index in [2.05, 4.69) is 9.97 Å². The molecule has 0 atom stereocenters. The summed E-state index contributed by atoms with van der Waals surface area (Å²) in [4.78, 5) is 55.8. The lowest BCUT2D eigenvalue weighted by Crippen LogP contribution is -2.05. The number of hydrogen-bond acceptors (Lipinski definition) is 7. The van der Waals surface area contributed by atoms with Crippen molar-refractivity contribution in [1.82, 2.24) is 14.9 Å². The molecule has 0 unspecified atom stereocenters. The number of H-pyrrole nitrogens is 2. The highest BCUT2D eigenvalue weighted by Gasteiger charge is 2.23. The average Bonchev–Trinajstić information content (AvgIpc) is 3.63. The Kier molecular flexibility index (Phi) is 13.1. The normalized spacial score (nSPS) is 10.7. The highest BCUT2D eigenvalue weighted by atomic mass is 35.5. The fourth-order valence-electron chi connectivity index (χ4n) is 4.09. The number of nitrogens with zero attached hydrogens (tertiary/aromatic N) is 1. The molecule has 4 rings (SSSR count). The van der Waals surface area contributed by atoms with Crippen molar-refractivity contribution in [1.29, 1.82) is 0 Å². The number of allylic oxidation sites excluding steroid dienone is 1. The van der Waals surface area contributed by atoms with Gasteiger partial charge < -0.3 is 24.3 Å². The summed E-state index contributed by atoms with van der Waals surface area (Å²) in [5.41, 5.74) is 3.10. The zero-order chi connectivity index (χ0) is 34.1. The summed E-state index contributed by atoms with van der Waals surface area (Å²) in [7, 11) is 3.61. The SMILES string of the molecule is CCOC(=O)c1cc(C(=O)/C=C/N(C)C)[nH]c1-c1ccc(Cl)cc1Cl.CCOC(=O)c1cc(C(C)=O)[nH]c1-c1ccc(Cl)cc1Cl. The van der Waals surface area contributed by atoms with Crippen molar-refractivity contribution in [3.8, 4) is 22.5 Å². The molecule has 2 heterocycles. The Balaban J connectivity index is 0.000000254. The molecule has 0 fully saturated rings. The van der Waals surface area contributed by atoms with Crippen molar-refractivity contribution in [2.75, 3.05) is 27.3 Å². The smallest absolute Gasteiger partial charge is 0.340 e. The summed E-state index contributed by atoms with van der Waals surface area (Å²) in [5, 5.41) is 1.70. The first-order valence-electron chi connectivity index (χ1n) is 13.9. The Bertz CT molecular complexity index is 1790. The van der Waals surface area contributed by atoms with Crippen LogP contribution in [0.4, 0.5) is 0 Å². The topological polar surface area (TPSA) is 122 Å². The van der Waals surface area contributed by atoms with Crippen LogP contribution in [0.3, 0.4) is 0 Å². The second kappa shape index (κ2) is 16.5. The molecule has 0 saturated carbocycles. The van der Waals surface area contributed by atoms with Gasteiger partial charge in [0.05, 0.1) is 57.2 Å². The third-order valence-corrected chi connectivity index (χ3v) is 7.29. The van der Waals surface area contributed by atoms with Crippen LogP contribution < -0.4 is 0 Å². The van der Waals surface area contributed by atoms with E-state index in [1.165, 1.54) is 25.1 Å². The second-order valence-electron chi connectivity index (χ2n) is 9.83. The Morgan fingerprint density at radius 1 is 0.717 bits per heavy atom. The molecule has 242 valence electrons. The van der Waals surface area contributed by atoms with Gasteiger partial charge in [0.15, 0.2) is 5.78 Å². The van der Waals surface area contributed by atoms with Crippen molar-refractivity contribution in [3.05, 3.63) is 103 Å². The maximum atomic E-state index is 12.3. The van der Waals surface area contributed by atoms with Crippen LogP contribution >= 0.6 is 46.4 Å². The third kappa shape index (κ3) is 9.26. The molecular weight excluding hydrogens is 676 g/mol. The van der Waals surface area contributed by atoms with Gasteiger partial charge in [-0.15, -0.1) is 0 Å². The predicted octanol–water partition coefficient (Wildman–Crippen LogP) is 8.79. The van der Waals surface area contributed by atoms with Gasteiger partial charge in [-0.1, -0.05) is 46.4 Å². The summed E-state index contributed by atoms with van der Waals surface area (Å²) >= 11 is 24.2. The lowest BCUT2D eigenvalue weighted by atomic mass is 10.1. The van der Waals surface area contributed by atoms with Crippen LogP contribution in [0.5, 0.6) is 0 Å². The zero-order valence-electron chi connectivity index (χ0n) is 25.6. The van der Waals surface area contributed by atoms with Crippen molar-refractivity contribution in [2.45, 2.75) is 20.8 Å². The van der Waals surface area contributed by atoms with E-state index < -0.39 is 11.9 Å². The van der Waals surface area contributed by atoms with Gasteiger partial charge in [0, 0.05) is 54.5 Å². The number of ketones is 2. The van der Waals surface area contributed by atoms with Gasteiger partial charge in [-0.05, 0) is 62.4 Å². The Morgan fingerprint density at radius 3 is 1.54 bits per heavy atom.